The largest absolute Gasteiger partial charge is 0.493 e. The van der Waals surface area contributed by atoms with Gasteiger partial charge in [-0.3, -0.25) is 9.10 Å². The molecular formula is C23H21Cl2N3O5S. The molecule has 1 N–H and O–H groups in total. The number of halogens is 2. The van der Waals surface area contributed by atoms with Crippen LogP contribution in [0.3, 0.4) is 0 Å². The van der Waals surface area contributed by atoms with E-state index < -0.39 is 22.5 Å². The molecule has 178 valence electrons. The molecule has 0 aliphatic carbocycles. The number of methoxy groups -OCH3 is 2. The van der Waals surface area contributed by atoms with Crippen LogP contribution in [0.1, 0.15) is 5.56 Å². The molecule has 0 atom stereocenters. The molecule has 0 heterocycles. The molecule has 0 fully saturated rings. The molecule has 0 bridgehead atoms. The summed E-state index contributed by atoms with van der Waals surface area (Å²) < 4.78 is 38.3. The standard InChI is InChI=1S/C23H21Cl2N3O5S/c1-32-21-11-10-18(13-22(21)33-2)28(34(30,31)19-6-4-3-5-7-19)15-23(29)27-26-14-16-8-9-17(24)12-20(16)25/h3-14H,15H2,1-2H3,(H,27,29)/b26-14-. The molecule has 0 saturated carbocycles. The van der Waals surface area contributed by atoms with Crippen molar-refractivity contribution in [3.05, 3.63) is 82.3 Å². The molecular weight excluding hydrogens is 501 g/mol. The first-order valence-corrected chi connectivity index (χ1v) is 12.0. The molecule has 0 spiro atoms. The second-order valence-electron chi connectivity index (χ2n) is 6.82. The first-order valence-electron chi connectivity index (χ1n) is 9.83. The maximum atomic E-state index is 13.4. The van der Waals surface area contributed by atoms with Gasteiger partial charge in [0.1, 0.15) is 6.54 Å². The average molecular weight is 522 g/mol. The van der Waals surface area contributed by atoms with Gasteiger partial charge in [-0.15, -0.1) is 0 Å². The van der Waals surface area contributed by atoms with Gasteiger partial charge in [-0.05, 0) is 36.4 Å². The number of sulfonamides is 1. The van der Waals surface area contributed by atoms with Gasteiger partial charge in [0.15, 0.2) is 11.5 Å². The lowest BCUT2D eigenvalue weighted by atomic mass is 10.2. The average Bonchev–Trinajstić information content (AvgIpc) is 2.84. The molecule has 1 amide bonds. The normalized spacial score (nSPS) is 11.3. The summed E-state index contributed by atoms with van der Waals surface area (Å²) >= 11 is 12.0. The zero-order chi connectivity index (χ0) is 24.7. The molecule has 0 radical (unpaired) electrons. The van der Waals surface area contributed by atoms with Crippen molar-refractivity contribution in [2.75, 3.05) is 25.1 Å². The van der Waals surface area contributed by atoms with Crippen LogP contribution in [0.4, 0.5) is 5.69 Å². The number of carbonyl (C=O) groups is 1. The Balaban J connectivity index is 1.90. The number of anilines is 1. The molecule has 0 aliphatic rings. The minimum Gasteiger partial charge on any atom is -0.493 e. The fourth-order valence-electron chi connectivity index (χ4n) is 2.96. The minimum atomic E-state index is -4.09. The number of hydrogen-bond acceptors (Lipinski definition) is 6. The molecule has 0 aromatic heterocycles. The number of nitrogens with zero attached hydrogens (tertiary/aromatic N) is 2. The van der Waals surface area contributed by atoms with Crippen LogP contribution in [-0.4, -0.2) is 41.3 Å². The van der Waals surface area contributed by atoms with Gasteiger partial charge in [-0.25, -0.2) is 13.8 Å². The van der Waals surface area contributed by atoms with Crippen molar-refractivity contribution in [1.82, 2.24) is 5.43 Å². The molecule has 8 nitrogen and oxygen atoms in total. The Labute approximate surface area is 207 Å². The Bertz CT molecular complexity index is 1300. The summed E-state index contributed by atoms with van der Waals surface area (Å²) in [6, 6.07) is 17.1. The van der Waals surface area contributed by atoms with E-state index in [9.17, 15) is 13.2 Å². The summed E-state index contributed by atoms with van der Waals surface area (Å²) in [6.45, 7) is -0.543. The molecule has 3 aromatic rings. The fraction of sp³-hybridized carbons (Fsp3) is 0.130. The summed E-state index contributed by atoms with van der Waals surface area (Å²) in [7, 11) is -1.20. The Morgan fingerprint density at radius 2 is 1.71 bits per heavy atom. The van der Waals surface area contributed by atoms with Crippen LogP contribution in [0.5, 0.6) is 11.5 Å². The van der Waals surface area contributed by atoms with Crippen molar-refractivity contribution in [2.24, 2.45) is 5.10 Å². The monoisotopic (exact) mass is 521 g/mol. The second-order valence-corrected chi connectivity index (χ2v) is 9.53. The number of hydrogen-bond donors (Lipinski definition) is 1. The van der Waals surface area contributed by atoms with Gasteiger partial charge in [-0.1, -0.05) is 47.5 Å². The number of nitrogens with one attached hydrogen (secondary N) is 1. The zero-order valence-corrected chi connectivity index (χ0v) is 20.6. The van der Waals surface area contributed by atoms with Gasteiger partial charge in [0.25, 0.3) is 15.9 Å². The Morgan fingerprint density at radius 1 is 1.00 bits per heavy atom. The second kappa shape index (κ2) is 11.2. The van der Waals surface area contributed by atoms with Gasteiger partial charge >= 0.3 is 0 Å². The van der Waals surface area contributed by atoms with Crippen LogP contribution in [0.15, 0.2) is 76.7 Å². The van der Waals surface area contributed by atoms with Crippen LogP contribution in [0.2, 0.25) is 10.0 Å². The van der Waals surface area contributed by atoms with E-state index in [4.69, 9.17) is 32.7 Å². The van der Waals surface area contributed by atoms with Gasteiger partial charge in [0.05, 0.1) is 36.0 Å². The number of carbonyl (C=O) groups excluding carboxylic acids is 1. The van der Waals surface area contributed by atoms with Crippen molar-refractivity contribution in [2.45, 2.75) is 4.90 Å². The van der Waals surface area contributed by atoms with Crippen molar-refractivity contribution < 1.29 is 22.7 Å². The highest BCUT2D eigenvalue weighted by Gasteiger charge is 2.28. The molecule has 3 rings (SSSR count). The zero-order valence-electron chi connectivity index (χ0n) is 18.2. The summed E-state index contributed by atoms with van der Waals surface area (Å²) in [5.74, 6) is 0.0527. The summed E-state index contributed by atoms with van der Waals surface area (Å²) in [6.07, 6.45) is 1.34. The van der Waals surface area contributed by atoms with Crippen LogP contribution in [-0.2, 0) is 14.8 Å². The van der Waals surface area contributed by atoms with Crippen molar-refractivity contribution in [3.63, 3.8) is 0 Å². The van der Waals surface area contributed by atoms with Crippen LogP contribution in [0.25, 0.3) is 0 Å². The minimum absolute atomic E-state index is 0.0223. The van der Waals surface area contributed by atoms with Gasteiger partial charge in [0, 0.05) is 16.7 Å². The topological polar surface area (TPSA) is 97.3 Å². The molecule has 34 heavy (non-hydrogen) atoms. The number of ether oxygens (including phenoxy) is 2. The van der Waals surface area contributed by atoms with E-state index in [0.29, 0.717) is 27.1 Å². The molecule has 11 heteroatoms. The first kappa shape index (κ1) is 25.4. The number of hydrazone groups is 1. The first-order chi connectivity index (χ1) is 16.3. The van der Waals surface area contributed by atoms with Gasteiger partial charge < -0.3 is 9.47 Å². The maximum Gasteiger partial charge on any atom is 0.264 e. The maximum absolute atomic E-state index is 13.4. The smallest absolute Gasteiger partial charge is 0.264 e. The SMILES string of the molecule is COc1ccc(N(CC(=O)N/N=C\c2ccc(Cl)cc2Cl)S(=O)(=O)c2ccccc2)cc1OC. The quantitative estimate of drug-likeness (QED) is 0.333. The van der Waals surface area contributed by atoms with Crippen molar-refractivity contribution in [3.8, 4) is 11.5 Å². The predicted molar refractivity (Wildman–Crippen MR) is 133 cm³/mol. The van der Waals surface area contributed by atoms with E-state index in [-0.39, 0.29) is 10.6 Å². The number of rotatable bonds is 9. The highest BCUT2D eigenvalue weighted by Crippen LogP contribution is 2.33. The van der Waals surface area contributed by atoms with Crippen LogP contribution >= 0.6 is 23.2 Å². The van der Waals surface area contributed by atoms with Crippen molar-refractivity contribution in [1.29, 1.82) is 0 Å². The van der Waals surface area contributed by atoms with Gasteiger partial charge in [0.2, 0.25) is 0 Å². The number of benzene rings is 3. The summed E-state index contributed by atoms with van der Waals surface area (Å²) in [5, 5.41) is 4.69. The Morgan fingerprint density at radius 3 is 2.35 bits per heavy atom. The number of amides is 1. The lowest BCUT2D eigenvalue weighted by Gasteiger charge is -2.24. The van der Waals surface area contributed by atoms with Crippen molar-refractivity contribution >= 4 is 51.0 Å². The van der Waals surface area contributed by atoms with E-state index in [1.807, 2.05) is 0 Å². The third kappa shape index (κ3) is 5.99. The fourth-order valence-corrected chi connectivity index (χ4v) is 4.85. The van der Waals surface area contributed by atoms with Gasteiger partial charge in [-0.2, -0.15) is 5.10 Å². The Hall–Kier alpha value is -3.27. The van der Waals surface area contributed by atoms with E-state index >= 15 is 0 Å². The van der Waals surface area contributed by atoms with E-state index in [0.717, 1.165) is 4.31 Å². The molecule has 3 aromatic carbocycles. The lowest BCUT2D eigenvalue weighted by Crippen LogP contribution is -2.39. The highest BCUT2D eigenvalue weighted by molar-refractivity contribution is 7.92. The lowest BCUT2D eigenvalue weighted by molar-refractivity contribution is -0.119. The third-order valence-electron chi connectivity index (χ3n) is 4.63. The van der Waals surface area contributed by atoms with Crippen LogP contribution in [0, 0.1) is 0 Å². The summed E-state index contributed by atoms with van der Waals surface area (Å²) in [5.41, 5.74) is 3.06. The summed E-state index contributed by atoms with van der Waals surface area (Å²) in [4.78, 5) is 12.7. The van der Waals surface area contributed by atoms with E-state index in [1.165, 1.54) is 50.8 Å². The molecule has 0 aliphatic heterocycles. The predicted octanol–water partition coefficient (Wildman–Crippen LogP) is 4.36. The molecule has 0 saturated heterocycles. The van der Waals surface area contributed by atoms with E-state index in [1.54, 1.807) is 36.4 Å². The van der Waals surface area contributed by atoms with Crippen LogP contribution < -0.4 is 19.2 Å². The van der Waals surface area contributed by atoms with E-state index in [2.05, 4.69) is 10.5 Å². The molecule has 0 unspecified atom stereocenters. The Kier molecular flexibility index (Phi) is 8.38. The third-order valence-corrected chi connectivity index (χ3v) is 6.98. The highest BCUT2D eigenvalue weighted by atomic mass is 35.5.